The summed E-state index contributed by atoms with van der Waals surface area (Å²) in [6.45, 7) is 0.689. The Balaban J connectivity index is 1.76. The van der Waals surface area contributed by atoms with Gasteiger partial charge in [0.05, 0.1) is 0 Å². The number of carbonyl (C=O) groups is 3. The van der Waals surface area contributed by atoms with Gasteiger partial charge in [0.15, 0.2) is 0 Å². The second-order valence-electron chi connectivity index (χ2n) is 3.76. The van der Waals surface area contributed by atoms with Crippen LogP contribution >= 0.6 is 0 Å². The maximum Gasteiger partial charge on any atom is 0.322 e. The van der Waals surface area contributed by atoms with E-state index < -0.39 is 24.1 Å². The van der Waals surface area contributed by atoms with E-state index >= 15 is 0 Å². The molecule has 0 aromatic heterocycles. The van der Waals surface area contributed by atoms with Crippen LogP contribution in [-0.2, 0) is 14.3 Å². The maximum absolute atomic E-state index is 11.5. The van der Waals surface area contributed by atoms with Gasteiger partial charge in [0, 0.05) is 13.2 Å². The molecule has 88 valence electrons. The summed E-state index contributed by atoms with van der Waals surface area (Å²) in [4.78, 5) is 33.4. The largest absolute Gasteiger partial charge is 0.368 e. The number of nitrogens with one attached hydrogen (secondary N) is 3. The lowest BCUT2D eigenvalue weighted by Gasteiger charge is -2.12. The molecule has 0 radical (unpaired) electrons. The minimum atomic E-state index is -0.683. The van der Waals surface area contributed by atoms with Crippen LogP contribution in [0, 0.1) is 0 Å². The van der Waals surface area contributed by atoms with E-state index in [2.05, 4.69) is 16.0 Å². The van der Waals surface area contributed by atoms with E-state index in [0.29, 0.717) is 13.0 Å². The minimum absolute atomic E-state index is 0.0935. The zero-order valence-electron chi connectivity index (χ0n) is 8.62. The smallest absolute Gasteiger partial charge is 0.322 e. The van der Waals surface area contributed by atoms with Crippen molar-refractivity contribution < 1.29 is 19.1 Å². The van der Waals surface area contributed by atoms with Crippen molar-refractivity contribution in [3.63, 3.8) is 0 Å². The third-order valence-corrected chi connectivity index (χ3v) is 2.56. The van der Waals surface area contributed by atoms with E-state index in [1.54, 1.807) is 0 Å². The van der Waals surface area contributed by atoms with Crippen molar-refractivity contribution in [3.8, 4) is 0 Å². The van der Waals surface area contributed by atoms with Crippen molar-refractivity contribution in [2.75, 3.05) is 13.2 Å². The molecule has 4 amide bonds. The summed E-state index contributed by atoms with van der Waals surface area (Å²) in [7, 11) is 0. The number of carbonyl (C=O) groups excluding carboxylic acids is 3. The number of hydrogen-bond acceptors (Lipinski definition) is 4. The van der Waals surface area contributed by atoms with Crippen molar-refractivity contribution in [1.82, 2.24) is 16.0 Å². The fourth-order valence-electron chi connectivity index (χ4n) is 1.70. The van der Waals surface area contributed by atoms with Gasteiger partial charge in [0.25, 0.3) is 5.91 Å². The average molecular weight is 227 g/mol. The van der Waals surface area contributed by atoms with Crippen LogP contribution in [0.15, 0.2) is 0 Å². The summed E-state index contributed by atoms with van der Waals surface area (Å²) >= 11 is 0. The van der Waals surface area contributed by atoms with Crippen molar-refractivity contribution in [1.29, 1.82) is 0 Å². The second-order valence-corrected chi connectivity index (χ2v) is 3.76. The minimum Gasteiger partial charge on any atom is -0.368 e. The van der Waals surface area contributed by atoms with Crippen LogP contribution in [0.4, 0.5) is 4.79 Å². The average Bonchev–Trinajstić information content (AvgIpc) is 2.84. The van der Waals surface area contributed by atoms with Gasteiger partial charge in [0.1, 0.15) is 12.1 Å². The Hall–Kier alpha value is -1.63. The van der Waals surface area contributed by atoms with E-state index in [-0.39, 0.29) is 12.5 Å². The molecule has 2 fully saturated rings. The van der Waals surface area contributed by atoms with Crippen LogP contribution < -0.4 is 16.0 Å². The highest BCUT2D eigenvalue weighted by atomic mass is 16.5. The lowest BCUT2D eigenvalue weighted by Crippen LogP contribution is -2.44. The van der Waals surface area contributed by atoms with E-state index in [1.807, 2.05) is 0 Å². The van der Waals surface area contributed by atoms with Crippen LogP contribution in [0.3, 0.4) is 0 Å². The molecule has 0 aromatic carbocycles. The van der Waals surface area contributed by atoms with Gasteiger partial charge in [-0.2, -0.15) is 0 Å². The van der Waals surface area contributed by atoms with Gasteiger partial charge in [-0.3, -0.25) is 14.9 Å². The van der Waals surface area contributed by atoms with Crippen LogP contribution in [0.5, 0.6) is 0 Å². The number of hydrogen-bond donors (Lipinski definition) is 3. The number of urea groups is 1. The van der Waals surface area contributed by atoms with Crippen molar-refractivity contribution >= 4 is 17.8 Å². The second kappa shape index (κ2) is 4.48. The number of imide groups is 1. The molecule has 7 heteroatoms. The molecule has 3 N–H and O–H groups in total. The lowest BCUT2D eigenvalue weighted by atomic mass is 10.2. The number of amides is 4. The Labute approximate surface area is 91.9 Å². The first-order valence-electron chi connectivity index (χ1n) is 5.17. The Morgan fingerprint density at radius 1 is 1.50 bits per heavy atom. The van der Waals surface area contributed by atoms with Crippen LogP contribution in [-0.4, -0.2) is 43.1 Å². The van der Waals surface area contributed by atoms with Gasteiger partial charge in [-0.05, 0) is 12.8 Å². The first kappa shape index (κ1) is 10.9. The summed E-state index contributed by atoms with van der Waals surface area (Å²) in [6.07, 6.45) is 1.16. The fraction of sp³-hybridized carbons (Fsp3) is 0.667. The maximum atomic E-state index is 11.5. The number of rotatable bonds is 3. The highest BCUT2D eigenvalue weighted by Gasteiger charge is 2.31. The first-order valence-corrected chi connectivity index (χ1v) is 5.17. The molecular formula is C9H13N3O4. The summed E-state index contributed by atoms with van der Waals surface area (Å²) in [6, 6.07) is -1.21. The van der Waals surface area contributed by atoms with Crippen molar-refractivity contribution in [2.45, 2.75) is 25.0 Å². The van der Waals surface area contributed by atoms with Gasteiger partial charge in [0.2, 0.25) is 5.91 Å². The van der Waals surface area contributed by atoms with E-state index in [0.717, 1.165) is 6.42 Å². The molecule has 2 rings (SSSR count). The molecule has 16 heavy (non-hydrogen) atoms. The predicted octanol–water partition coefficient (Wildman–Crippen LogP) is -1.51. The zero-order valence-corrected chi connectivity index (χ0v) is 8.62. The van der Waals surface area contributed by atoms with Crippen LogP contribution in [0.25, 0.3) is 0 Å². The summed E-state index contributed by atoms with van der Waals surface area (Å²) in [5.41, 5.74) is 0. The van der Waals surface area contributed by atoms with Gasteiger partial charge in [-0.25, -0.2) is 4.79 Å². The van der Waals surface area contributed by atoms with Crippen molar-refractivity contribution in [3.05, 3.63) is 0 Å². The molecule has 2 saturated heterocycles. The zero-order chi connectivity index (χ0) is 11.5. The molecule has 7 nitrogen and oxygen atoms in total. The summed E-state index contributed by atoms with van der Waals surface area (Å²) in [5.74, 6) is -0.649. The predicted molar refractivity (Wildman–Crippen MR) is 52.4 cm³/mol. The van der Waals surface area contributed by atoms with E-state index in [4.69, 9.17) is 4.74 Å². The molecule has 0 aromatic rings. The quantitative estimate of drug-likeness (QED) is 0.511. The van der Waals surface area contributed by atoms with Crippen LogP contribution in [0.2, 0.25) is 0 Å². The van der Waals surface area contributed by atoms with E-state index in [1.165, 1.54) is 0 Å². The normalized spacial score (nSPS) is 28.8. The Morgan fingerprint density at radius 2 is 2.31 bits per heavy atom. The third kappa shape index (κ3) is 2.30. The lowest BCUT2D eigenvalue weighted by molar-refractivity contribution is -0.130. The fourth-order valence-corrected chi connectivity index (χ4v) is 1.70. The molecule has 0 aliphatic carbocycles. The molecule has 2 unspecified atom stereocenters. The Bertz CT molecular complexity index is 325. The highest BCUT2D eigenvalue weighted by Crippen LogP contribution is 2.11. The summed E-state index contributed by atoms with van der Waals surface area (Å²) < 4.78 is 5.18. The Morgan fingerprint density at radius 3 is 2.88 bits per heavy atom. The SMILES string of the molecule is O=C1NC(=O)C(CNC(=O)C2CCCO2)N1. The molecule has 0 bridgehead atoms. The third-order valence-electron chi connectivity index (χ3n) is 2.56. The monoisotopic (exact) mass is 227 g/mol. The van der Waals surface area contributed by atoms with Gasteiger partial charge in [-0.1, -0.05) is 0 Å². The van der Waals surface area contributed by atoms with Crippen LogP contribution in [0.1, 0.15) is 12.8 Å². The molecule has 2 atom stereocenters. The first-order chi connectivity index (χ1) is 7.66. The standard InChI is InChI=1S/C9H13N3O4/c13-7-5(11-9(15)12-7)4-10-8(14)6-2-1-3-16-6/h5-6H,1-4H2,(H,10,14)(H2,11,12,13,15). The topological polar surface area (TPSA) is 96.5 Å². The van der Waals surface area contributed by atoms with Gasteiger partial charge >= 0.3 is 6.03 Å². The summed E-state index contributed by atoms with van der Waals surface area (Å²) in [5, 5.41) is 7.06. The van der Waals surface area contributed by atoms with E-state index in [9.17, 15) is 14.4 Å². The molecule has 2 aliphatic rings. The van der Waals surface area contributed by atoms with Gasteiger partial charge in [-0.15, -0.1) is 0 Å². The molecular weight excluding hydrogens is 214 g/mol. The molecule has 2 heterocycles. The molecule has 0 spiro atoms. The highest BCUT2D eigenvalue weighted by molar-refractivity contribution is 6.04. The van der Waals surface area contributed by atoms with Crippen molar-refractivity contribution in [2.24, 2.45) is 0 Å². The number of ether oxygens (including phenoxy) is 1. The molecule has 2 aliphatic heterocycles. The Kier molecular flexibility index (Phi) is 3.04. The van der Waals surface area contributed by atoms with Gasteiger partial charge < -0.3 is 15.4 Å². The molecule has 0 saturated carbocycles.